The molecule has 2 rings (SSSR count). The maximum absolute atomic E-state index is 10.5. The molecule has 7 heteroatoms. The van der Waals surface area contributed by atoms with Crippen molar-refractivity contribution in [2.45, 2.75) is 11.8 Å². The van der Waals surface area contributed by atoms with E-state index in [9.17, 15) is 18.3 Å². The Morgan fingerprint density at radius 2 is 1.48 bits per heavy atom. The van der Waals surface area contributed by atoms with Gasteiger partial charge in [0.1, 0.15) is 0 Å². The molecule has 0 aliphatic rings. The van der Waals surface area contributed by atoms with Crippen molar-refractivity contribution < 1.29 is 45.3 Å². The number of rotatable bonds is 2. The molecule has 21 heavy (non-hydrogen) atoms. The van der Waals surface area contributed by atoms with E-state index in [1.807, 2.05) is 6.92 Å². The summed E-state index contributed by atoms with van der Waals surface area (Å²) in [7, 11) is -4.02. The van der Waals surface area contributed by atoms with E-state index in [0.717, 1.165) is 5.56 Å². The van der Waals surface area contributed by atoms with Crippen molar-refractivity contribution >= 4 is 16.1 Å². The second-order valence-corrected chi connectivity index (χ2v) is 5.36. The average molecular weight is 401 g/mol. The first-order valence-electron chi connectivity index (χ1n) is 5.61. The number of hydrogen-bond donors (Lipinski definition) is 1. The van der Waals surface area contributed by atoms with Gasteiger partial charge in [0.2, 0.25) is 0 Å². The quantitative estimate of drug-likeness (QED) is 0.605. The van der Waals surface area contributed by atoms with Crippen LogP contribution in [0.4, 0.5) is 0 Å². The van der Waals surface area contributed by atoms with Gasteiger partial charge in [0, 0.05) is 0 Å². The molecular weight excluding hydrogens is 388 g/mol. The van der Waals surface area contributed by atoms with E-state index in [1.54, 1.807) is 30.3 Å². The van der Waals surface area contributed by atoms with Crippen LogP contribution in [0.2, 0.25) is 0 Å². The van der Waals surface area contributed by atoms with Gasteiger partial charge in [-0.2, -0.15) is 8.42 Å². The Balaban J connectivity index is 0.000000370. The first-order chi connectivity index (χ1) is 9.30. The maximum Gasteiger partial charge on any atom is 1.00 e. The van der Waals surface area contributed by atoms with Crippen LogP contribution in [0.25, 0.3) is 0 Å². The Kier molecular flexibility index (Phi) is 8.16. The molecule has 0 saturated heterocycles. The van der Waals surface area contributed by atoms with Gasteiger partial charge >= 0.3 is 22.4 Å². The third kappa shape index (κ3) is 7.22. The summed E-state index contributed by atoms with van der Waals surface area (Å²) in [5, 5.41) is 10.1. The van der Waals surface area contributed by atoms with E-state index in [2.05, 4.69) is 0 Å². The monoisotopic (exact) mass is 400 g/mol. The molecule has 0 aromatic heterocycles. The number of carboxylic acid groups (broad SMARTS) is 1. The summed E-state index contributed by atoms with van der Waals surface area (Å²) in [4.78, 5) is 10.0. The average Bonchev–Trinajstić information content (AvgIpc) is 2.40. The van der Waals surface area contributed by atoms with Gasteiger partial charge in [-0.3, -0.25) is 4.55 Å². The van der Waals surface area contributed by atoms with Crippen molar-refractivity contribution in [3.8, 4) is 0 Å². The zero-order valence-corrected chi connectivity index (χ0v) is 13.3. The third-order valence-corrected chi connectivity index (χ3v) is 3.20. The Morgan fingerprint density at radius 3 is 1.81 bits per heavy atom. The van der Waals surface area contributed by atoms with E-state index in [1.165, 1.54) is 24.3 Å². The second kappa shape index (κ2) is 8.76. The molecule has 0 atom stereocenters. The maximum atomic E-state index is 10.5. The summed E-state index contributed by atoms with van der Waals surface area (Å²) in [6, 6.07) is 14.1. The summed E-state index contributed by atoms with van der Waals surface area (Å²) in [6.07, 6.45) is 0. The summed E-state index contributed by atoms with van der Waals surface area (Å²) in [5.74, 6) is -1.13. The second-order valence-electron chi connectivity index (χ2n) is 3.94. The minimum atomic E-state index is -4.02. The number of carboxylic acids is 1. The third-order valence-electron chi connectivity index (χ3n) is 2.33. The van der Waals surface area contributed by atoms with Gasteiger partial charge in [-0.1, -0.05) is 48.0 Å². The van der Waals surface area contributed by atoms with Gasteiger partial charge in [0.05, 0.1) is 10.9 Å². The van der Waals surface area contributed by atoms with E-state index in [4.69, 9.17) is 4.55 Å². The molecular formula is C14H13AgO5S. The largest absolute Gasteiger partial charge is 1.00 e. The fraction of sp³-hybridized carbons (Fsp3) is 0.0714. The molecule has 1 N–H and O–H groups in total. The van der Waals surface area contributed by atoms with E-state index in [0.29, 0.717) is 0 Å². The molecule has 0 radical (unpaired) electrons. The van der Waals surface area contributed by atoms with Gasteiger partial charge in [-0.15, -0.1) is 0 Å². The Morgan fingerprint density at radius 1 is 1.00 bits per heavy atom. The minimum absolute atomic E-state index is 0. The van der Waals surface area contributed by atoms with Crippen molar-refractivity contribution in [1.29, 1.82) is 0 Å². The van der Waals surface area contributed by atoms with Crippen LogP contribution in [0.3, 0.4) is 0 Å². The molecule has 0 aliphatic heterocycles. The Labute approximate surface area is 138 Å². The molecule has 0 saturated carbocycles. The SMILES string of the molecule is Cc1ccc(S(=O)(=O)O)cc1.O=C([O-])c1ccccc1.[Ag+]. The predicted molar refractivity (Wildman–Crippen MR) is 71.8 cm³/mol. The molecule has 0 aliphatic carbocycles. The minimum Gasteiger partial charge on any atom is -0.545 e. The molecule has 5 nitrogen and oxygen atoms in total. The molecule has 0 amide bonds. The number of hydrogen-bond acceptors (Lipinski definition) is 4. The molecule has 0 fully saturated rings. The van der Waals surface area contributed by atoms with Crippen LogP contribution in [0.1, 0.15) is 15.9 Å². The van der Waals surface area contributed by atoms with Gasteiger partial charge in [-0.05, 0) is 24.6 Å². The van der Waals surface area contributed by atoms with E-state index < -0.39 is 16.1 Å². The first-order valence-corrected chi connectivity index (χ1v) is 7.05. The van der Waals surface area contributed by atoms with Gasteiger partial charge in [0.15, 0.2) is 0 Å². The topological polar surface area (TPSA) is 94.5 Å². The van der Waals surface area contributed by atoms with Crippen LogP contribution in [0.5, 0.6) is 0 Å². The Hall–Kier alpha value is -1.44. The smallest absolute Gasteiger partial charge is 0.545 e. The van der Waals surface area contributed by atoms with Gasteiger partial charge in [0.25, 0.3) is 10.1 Å². The number of benzene rings is 2. The summed E-state index contributed by atoms with van der Waals surface area (Å²) < 4.78 is 29.6. The molecule has 2 aromatic carbocycles. The first kappa shape index (κ1) is 19.6. The van der Waals surface area contributed by atoms with Crippen LogP contribution in [-0.4, -0.2) is 18.9 Å². The normalized spacial score (nSPS) is 9.81. The Bertz CT molecular complexity index is 666. The molecule has 116 valence electrons. The van der Waals surface area contributed by atoms with Crippen molar-refractivity contribution in [1.82, 2.24) is 0 Å². The fourth-order valence-corrected chi connectivity index (χ4v) is 1.76. The zero-order valence-electron chi connectivity index (χ0n) is 11.0. The van der Waals surface area contributed by atoms with Crippen LogP contribution in [-0.2, 0) is 32.5 Å². The summed E-state index contributed by atoms with van der Waals surface area (Å²) in [5.41, 5.74) is 1.18. The van der Waals surface area contributed by atoms with Crippen LogP contribution < -0.4 is 5.11 Å². The number of aromatic carboxylic acids is 1. The van der Waals surface area contributed by atoms with Crippen LogP contribution >= 0.6 is 0 Å². The molecule has 2 aromatic rings. The number of carbonyl (C=O) groups is 1. The predicted octanol–water partition coefficient (Wildman–Crippen LogP) is 1.29. The van der Waals surface area contributed by atoms with Crippen LogP contribution in [0, 0.1) is 6.92 Å². The zero-order chi connectivity index (χ0) is 15.2. The van der Waals surface area contributed by atoms with Crippen molar-refractivity contribution in [2.24, 2.45) is 0 Å². The summed E-state index contributed by atoms with van der Waals surface area (Å²) >= 11 is 0. The van der Waals surface area contributed by atoms with Crippen LogP contribution in [0.15, 0.2) is 59.5 Å². The molecule has 0 spiro atoms. The molecule has 0 heterocycles. The van der Waals surface area contributed by atoms with E-state index in [-0.39, 0.29) is 32.8 Å². The number of carbonyl (C=O) groups excluding carboxylic acids is 1. The van der Waals surface area contributed by atoms with Crippen molar-refractivity contribution in [3.63, 3.8) is 0 Å². The number of aryl methyl sites for hydroxylation is 1. The summed E-state index contributed by atoms with van der Waals surface area (Å²) in [6.45, 7) is 1.84. The fourth-order valence-electron chi connectivity index (χ4n) is 1.28. The standard InChI is InChI=1S/C7H8O3S.C7H6O2.Ag/c1-6-2-4-7(5-3-6)11(8,9)10;8-7(9)6-4-2-1-3-5-6;/h2-5H,1H3,(H,8,9,10);1-5H,(H,8,9);/q;;+1/p-1. The molecule has 0 bridgehead atoms. The van der Waals surface area contributed by atoms with Gasteiger partial charge in [-0.25, -0.2) is 0 Å². The molecule has 0 unspecified atom stereocenters. The van der Waals surface area contributed by atoms with E-state index >= 15 is 0 Å². The van der Waals surface area contributed by atoms with Crippen molar-refractivity contribution in [3.05, 3.63) is 65.7 Å². The van der Waals surface area contributed by atoms with Crippen molar-refractivity contribution in [2.75, 3.05) is 0 Å². The van der Waals surface area contributed by atoms with Gasteiger partial charge < -0.3 is 9.90 Å².